The molecule has 0 saturated heterocycles. The number of rotatable bonds is 8. The van der Waals surface area contributed by atoms with Crippen LogP contribution in [0.2, 0.25) is 5.02 Å². The van der Waals surface area contributed by atoms with Gasteiger partial charge in [0.15, 0.2) is 0 Å². The summed E-state index contributed by atoms with van der Waals surface area (Å²) in [5.74, 6) is -0.249. The van der Waals surface area contributed by atoms with E-state index in [9.17, 15) is 9.59 Å². The number of nitrogens with one attached hydrogen (secondary N) is 1. The zero-order valence-electron chi connectivity index (χ0n) is 16.8. The SMILES string of the molecule is Cc1cnn(CCc2ccccn2)c(=O)c1CC(=O)NCc1cc(Cl)ccc1CN. The number of carbonyl (C=O) groups is 1. The van der Waals surface area contributed by atoms with Gasteiger partial charge in [-0.25, -0.2) is 4.68 Å². The van der Waals surface area contributed by atoms with Crippen molar-refractivity contribution in [1.82, 2.24) is 20.1 Å². The molecule has 7 nitrogen and oxygen atoms in total. The summed E-state index contributed by atoms with van der Waals surface area (Å²) in [6.45, 7) is 2.83. The first kappa shape index (κ1) is 21.7. The molecule has 0 unspecified atom stereocenters. The molecule has 0 atom stereocenters. The lowest BCUT2D eigenvalue weighted by atomic mass is 10.1. The van der Waals surface area contributed by atoms with Crippen LogP contribution in [0.3, 0.4) is 0 Å². The normalized spacial score (nSPS) is 10.8. The van der Waals surface area contributed by atoms with Gasteiger partial charge in [0.05, 0.1) is 19.2 Å². The topological polar surface area (TPSA) is 103 Å². The minimum atomic E-state index is -0.258. The highest BCUT2D eigenvalue weighted by Crippen LogP contribution is 2.16. The number of hydrogen-bond acceptors (Lipinski definition) is 5. The Morgan fingerprint density at radius 1 is 1.23 bits per heavy atom. The van der Waals surface area contributed by atoms with Gasteiger partial charge in [0.2, 0.25) is 5.91 Å². The maximum Gasteiger partial charge on any atom is 0.270 e. The first-order chi connectivity index (χ1) is 14.5. The van der Waals surface area contributed by atoms with Crippen LogP contribution in [0.25, 0.3) is 0 Å². The van der Waals surface area contributed by atoms with E-state index in [0.29, 0.717) is 42.2 Å². The summed E-state index contributed by atoms with van der Waals surface area (Å²) in [6, 6.07) is 11.0. The fraction of sp³-hybridized carbons (Fsp3) is 0.273. The minimum Gasteiger partial charge on any atom is -0.352 e. The summed E-state index contributed by atoms with van der Waals surface area (Å²) < 4.78 is 1.38. The van der Waals surface area contributed by atoms with Crippen molar-refractivity contribution in [3.63, 3.8) is 0 Å². The van der Waals surface area contributed by atoms with Crippen molar-refractivity contribution >= 4 is 17.5 Å². The van der Waals surface area contributed by atoms with E-state index in [2.05, 4.69) is 15.4 Å². The monoisotopic (exact) mass is 425 g/mol. The van der Waals surface area contributed by atoms with Gasteiger partial charge in [-0.2, -0.15) is 5.10 Å². The average Bonchev–Trinajstić information content (AvgIpc) is 2.75. The molecule has 0 bridgehead atoms. The van der Waals surface area contributed by atoms with Crippen LogP contribution in [0, 0.1) is 6.92 Å². The molecule has 1 amide bonds. The van der Waals surface area contributed by atoms with Crippen molar-refractivity contribution in [2.75, 3.05) is 0 Å². The van der Waals surface area contributed by atoms with Crippen molar-refractivity contribution < 1.29 is 4.79 Å². The number of amides is 1. The van der Waals surface area contributed by atoms with Crippen LogP contribution in [0.4, 0.5) is 0 Å². The van der Waals surface area contributed by atoms with Gasteiger partial charge in [0, 0.05) is 42.0 Å². The minimum absolute atomic E-state index is 0.0186. The number of hydrogen-bond donors (Lipinski definition) is 2. The van der Waals surface area contributed by atoms with E-state index in [-0.39, 0.29) is 17.9 Å². The first-order valence-electron chi connectivity index (χ1n) is 9.67. The van der Waals surface area contributed by atoms with E-state index in [1.807, 2.05) is 24.3 Å². The van der Waals surface area contributed by atoms with Crippen LogP contribution >= 0.6 is 11.6 Å². The van der Waals surface area contributed by atoms with Gasteiger partial charge in [-0.3, -0.25) is 14.6 Å². The van der Waals surface area contributed by atoms with Gasteiger partial charge in [-0.05, 0) is 47.9 Å². The Labute approximate surface area is 179 Å². The molecular weight excluding hydrogens is 402 g/mol. The van der Waals surface area contributed by atoms with Crippen molar-refractivity contribution in [3.8, 4) is 0 Å². The summed E-state index contributed by atoms with van der Waals surface area (Å²) in [6.07, 6.45) is 3.90. The Morgan fingerprint density at radius 3 is 2.80 bits per heavy atom. The Hall–Kier alpha value is -3.03. The van der Waals surface area contributed by atoms with E-state index in [0.717, 1.165) is 16.8 Å². The lowest BCUT2D eigenvalue weighted by molar-refractivity contribution is -0.120. The molecule has 8 heteroatoms. The average molecular weight is 426 g/mol. The summed E-state index contributed by atoms with van der Waals surface area (Å²) >= 11 is 6.04. The third-order valence-corrected chi connectivity index (χ3v) is 5.10. The lowest BCUT2D eigenvalue weighted by Crippen LogP contribution is -2.32. The highest BCUT2D eigenvalue weighted by atomic mass is 35.5. The van der Waals surface area contributed by atoms with Gasteiger partial charge < -0.3 is 11.1 Å². The number of nitrogens with two attached hydrogens (primary N) is 1. The molecule has 30 heavy (non-hydrogen) atoms. The molecule has 0 fully saturated rings. The molecule has 3 aromatic rings. The summed E-state index contributed by atoms with van der Waals surface area (Å²) in [5, 5.41) is 7.63. The van der Waals surface area contributed by atoms with Crippen molar-refractivity contribution in [3.05, 3.63) is 92.1 Å². The lowest BCUT2D eigenvalue weighted by Gasteiger charge is -2.12. The summed E-state index contributed by atoms with van der Waals surface area (Å²) in [4.78, 5) is 29.6. The number of halogens is 1. The van der Waals surface area contributed by atoms with Crippen LogP contribution in [0.1, 0.15) is 27.9 Å². The van der Waals surface area contributed by atoms with E-state index < -0.39 is 0 Å². The van der Waals surface area contributed by atoms with Gasteiger partial charge in [-0.1, -0.05) is 23.7 Å². The van der Waals surface area contributed by atoms with Gasteiger partial charge in [0.1, 0.15) is 0 Å². The molecule has 3 rings (SSSR count). The Balaban J connectivity index is 1.67. The van der Waals surface area contributed by atoms with Crippen LogP contribution < -0.4 is 16.6 Å². The third-order valence-electron chi connectivity index (χ3n) is 4.87. The van der Waals surface area contributed by atoms with Crippen LogP contribution in [0.5, 0.6) is 0 Å². The van der Waals surface area contributed by atoms with E-state index >= 15 is 0 Å². The molecule has 0 saturated carbocycles. The zero-order valence-corrected chi connectivity index (χ0v) is 17.5. The Kier molecular flexibility index (Phi) is 7.32. The number of aryl methyl sites for hydroxylation is 3. The fourth-order valence-electron chi connectivity index (χ4n) is 3.13. The molecule has 0 aliphatic rings. The molecule has 2 aromatic heterocycles. The molecule has 0 spiro atoms. The highest BCUT2D eigenvalue weighted by molar-refractivity contribution is 6.30. The highest BCUT2D eigenvalue weighted by Gasteiger charge is 2.14. The van der Waals surface area contributed by atoms with Gasteiger partial charge >= 0.3 is 0 Å². The van der Waals surface area contributed by atoms with Crippen LogP contribution in [0.15, 0.2) is 53.6 Å². The largest absolute Gasteiger partial charge is 0.352 e. The summed E-state index contributed by atoms with van der Waals surface area (Å²) in [5.41, 5.74) is 9.27. The fourth-order valence-corrected chi connectivity index (χ4v) is 3.32. The Morgan fingerprint density at radius 2 is 2.07 bits per heavy atom. The third kappa shape index (κ3) is 5.52. The number of aromatic nitrogens is 3. The van der Waals surface area contributed by atoms with Crippen molar-refractivity contribution in [2.24, 2.45) is 5.73 Å². The maximum atomic E-state index is 12.8. The molecule has 2 heterocycles. The number of benzene rings is 1. The molecule has 1 aromatic carbocycles. The summed E-state index contributed by atoms with van der Waals surface area (Å²) in [7, 11) is 0. The predicted molar refractivity (Wildman–Crippen MR) is 116 cm³/mol. The van der Waals surface area contributed by atoms with Crippen molar-refractivity contribution in [1.29, 1.82) is 0 Å². The van der Waals surface area contributed by atoms with E-state index in [1.165, 1.54) is 4.68 Å². The number of carbonyl (C=O) groups excluding carboxylic acids is 1. The molecule has 0 aliphatic heterocycles. The van der Waals surface area contributed by atoms with E-state index in [1.54, 1.807) is 31.5 Å². The smallest absolute Gasteiger partial charge is 0.270 e. The zero-order chi connectivity index (χ0) is 21.5. The number of pyridine rings is 1. The predicted octanol–water partition coefficient (Wildman–Crippen LogP) is 2.16. The van der Waals surface area contributed by atoms with Crippen LogP contribution in [-0.4, -0.2) is 20.7 Å². The van der Waals surface area contributed by atoms with Crippen molar-refractivity contribution in [2.45, 2.75) is 39.4 Å². The standard InChI is InChI=1S/C22H24ClN5O2/c1-15-13-27-28(9-7-19-4-2-3-8-25-19)22(30)20(15)11-21(29)26-14-17-10-18(23)6-5-16(17)12-24/h2-6,8,10,13H,7,9,11-12,14,24H2,1H3,(H,26,29). The van der Waals surface area contributed by atoms with Crippen LogP contribution in [-0.2, 0) is 37.3 Å². The second kappa shape index (κ2) is 10.1. The maximum absolute atomic E-state index is 12.8. The Bertz CT molecular complexity index is 1080. The second-order valence-corrected chi connectivity index (χ2v) is 7.41. The van der Waals surface area contributed by atoms with Gasteiger partial charge in [-0.15, -0.1) is 0 Å². The number of nitrogens with zero attached hydrogens (tertiary/aromatic N) is 3. The molecular formula is C22H24ClN5O2. The van der Waals surface area contributed by atoms with Gasteiger partial charge in [0.25, 0.3) is 5.56 Å². The molecule has 0 radical (unpaired) electrons. The van der Waals surface area contributed by atoms with E-state index in [4.69, 9.17) is 17.3 Å². The quantitative estimate of drug-likeness (QED) is 0.575. The molecule has 0 aliphatic carbocycles. The molecule has 156 valence electrons. The molecule has 3 N–H and O–H groups in total. The second-order valence-electron chi connectivity index (χ2n) is 6.98. The first-order valence-corrected chi connectivity index (χ1v) is 10.0.